The number of carbonyl (C=O) groups excluding carboxylic acids is 1. The Morgan fingerprint density at radius 3 is 2.40 bits per heavy atom. The third-order valence-electron chi connectivity index (χ3n) is 1.79. The molecule has 0 saturated carbocycles. The summed E-state index contributed by atoms with van der Waals surface area (Å²) < 4.78 is 9.65. The van der Waals surface area contributed by atoms with Crippen LogP contribution in [0, 0.1) is 0 Å². The van der Waals surface area contributed by atoms with E-state index in [1.54, 1.807) is 6.92 Å². The molecule has 15 heavy (non-hydrogen) atoms. The molecule has 1 aromatic rings. The predicted molar refractivity (Wildman–Crippen MR) is 54.6 cm³/mol. The van der Waals surface area contributed by atoms with Crippen molar-refractivity contribution in [1.29, 1.82) is 0 Å². The van der Waals surface area contributed by atoms with Crippen LogP contribution in [0.25, 0.3) is 5.57 Å². The molecule has 0 aromatic carbocycles. The molecule has 0 aliphatic carbocycles. The Morgan fingerprint density at radius 2 is 1.93 bits per heavy atom. The van der Waals surface area contributed by atoms with Gasteiger partial charge < -0.3 is 9.47 Å². The van der Waals surface area contributed by atoms with Gasteiger partial charge in [-0.2, -0.15) is 0 Å². The van der Waals surface area contributed by atoms with Crippen LogP contribution in [0.2, 0.25) is 0 Å². The maximum absolute atomic E-state index is 11.3. The van der Waals surface area contributed by atoms with Crippen LogP contribution < -0.4 is 4.74 Å². The van der Waals surface area contributed by atoms with Gasteiger partial charge in [0.1, 0.15) is 12.0 Å². The number of carbonyl (C=O) groups is 1. The van der Waals surface area contributed by atoms with Crippen molar-refractivity contribution in [2.75, 3.05) is 14.2 Å². The Bertz CT molecular complexity index is 402. The first-order valence-corrected chi connectivity index (χ1v) is 4.25. The van der Waals surface area contributed by atoms with Crippen molar-refractivity contribution >= 4 is 11.5 Å². The summed E-state index contributed by atoms with van der Waals surface area (Å²) in [7, 11) is 2.72. The van der Waals surface area contributed by atoms with Crippen LogP contribution in [0.1, 0.15) is 23.1 Å². The lowest BCUT2D eigenvalue weighted by molar-refractivity contribution is 0.0589. The van der Waals surface area contributed by atoms with E-state index in [4.69, 9.17) is 4.74 Å². The van der Waals surface area contributed by atoms with Crippen molar-refractivity contribution in [2.45, 2.75) is 6.92 Å². The Balaban J connectivity index is 3.34. The van der Waals surface area contributed by atoms with Gasteiger partial charge in [0.25, 0.3) is 0 Å². The molecule has 1 aromatic heterocycles. The molecule has 0 aliphatic rings. The average Bonchev–Trinajstić information content (AvgIpc) is 2.26. The Morgan fingerprint density at radius 1 is 1.33 bits per heavy atom. The zero-order valence-corrected chi connectivity index (χ0v) is 8.90. The second-order valence-corrected chi connectivity index (χ2v) is 2.88. The van der Waals surface area contributed by atoms with Crippen LogP contribution in [-0.2, 0) is 4.74 Å². The molecule has 0 spiro atoms. The zero-order valence-electron chi connectivity index (χ0n) is 8.90. The molecular formula is C10H12N2O3. The van der Waals surface area contributed by atoms with Crippen molar-refractivity contribution in [3.8, 4) is 5.75 Å². The molecule has 0 bridgehead atoms. The van der Waals surface area contributed by atoms with Gasteiger partial charge in [-0.15, -0.1) is 0 Å². The fourth-order valence-corrected chi connectivity index (χ4v) is 1.11. The molecular weight excluding hydrogens is 196 g/mol. The molecule has 0 radical (unpaired) electrons. The second-order valence-electron chi connectivity index (χ2n) is 2.88. The number of ether oxygens (including phenoxy) is 2. The highest BCUT2D eigenvalue weighted by Crippen LogP contribution is 2.25. The standard InChI is InChI=1S/C10H12N2O3/c1-6(2)7-9(14-3)8(10(13)15-4)12-5-11-7/h5H,1H2,2-4H3. The van der Waals surface area contributed by atoms with E-state index in [-0.39, 0.29) is 11.4 Å². The van der Waals surface area contributed by atoms with E-state index in [9.17, 15) is 4.79 Å². The van der Waals surface area contributed by atoms with E-state index in [0.717, 1.165) is 0 Å². The number of nitrogens with zero attached hydrogens (tertiary/aromatic N) is 2. The average molecular weight is 208 g/mol. The lowest BCUT2D eigenvalue weighted by atomic mass is 10.2. The summed E-state index contributed by atoms with van der Waals surface area (Å²) in [6.45, 7) is 5.51. The number of allylic oxidation sites excluding steroid dienone is 1. The zero-order chi connectivity index (χ0) is 11.4. The fourth-order valence-electron chi connectivity index (χ4n) is 1.11. The van der Waals surface area contributed by atoms with Gasteiger partial charge in [0.05, 0.1) is 14.2 Å². The molecule has 0 unspecified atom stereocenters. The number of rotatable bonds is 3. The molecule has 0 saturated heterocycles. The summed E-state index contributed by atoms with van der Waals surface area (Å²) in [6.07, 6.45) is 1.28. The first-order chi connectivity index (χ1) is 7.11. The van der Waals surface area contributed by atoms with E-state index in [2.05, 4.69) is 21.3 Å². The van der Waals surface area contributed by atoms with E-state index < -0.39 is 5.97 Å². The van der Waals surface area contributed by atoms with Crippen molar-refractivity contribution in [1.82, 2.24) is 9.97 Å². The molecule has 5 heteroatoms. The maximum atomic E-state index is 11.3. The molecule has 0 amide bonds. The minimum absolute atomic E-state index is 0.105. The molecule has 0 aliphatic heterocycles. The minimum atomic E-state index is -0.559. The molecule has 0 N–H and O–H groups in total. The summed E-state index contributed by atoms with van der Waals surface area (Å²) >= 11 is 0. The van der Waals surface area contributed by atoms with Gasteiger partial charge in [-0.1, -0.05) is 6.58 Å². The highest BCUT2D eigenvalue weighted by Gasteiger charge is 2.19. The van der Waals surface area contributed by atoms with Crippen LogP contribution in [0.3, 0.4) is 0 Å². The molecule has 1 heterocycles. The number of hydrogen-bond donors (Lipinski definition) is 0. The van der Waals surface area contributed by atoms with Gasteiger partial charge >= 0.3 is 5.97 Å². The topological polar surface area (TPSA) is 61.3 Å². The van der Waals surface area contributed by atoms with Crippen molar-refractivity contribution in [3.05, 3.63) is 24.3 Å². The van der Waals surface area contributed by atoms with Crippen molar-refractivity contribution < 1.29 is 14.3 Å². The summed E-state index contributed by atoms with van der Waals surface area (Å²) in [4.78, 5) is 19.1. The third-order valence-corrected chi connectivity index (χ3v) is 1.79. The first-order valence-electron chi connectivity index (χ1n) is 4.25. The highest BCUT2D eigenvalue weighted by atomic mass is 16.5. The van der Waals surface area contributed by atoms with E-state index in [1.165, 1.54) is 20.5 Å². The lowest BCUT2D eigenvalue weighted by Crippen LogP contribution is -2.09. The molecule has 0 fully saturated rings. The van der Waals surface area contributed by atoms with Crippen LogP contribution in [0.5, 0.6) is 5.75 Å². The highest BCUT2D eigenvalue weighted by molar-refractivity contribution is 5.91. The summed E-state index contributed by atoms with van der Waals surface area (Å²) in [5.74, 6) is -0.270. The smallest absolute Gasteiger partial charge is 0.360 e. The van der Waals surface area contributed by atoms with Crippen LogP contribution in [-0.4, -0.2) is 30.2 Å². The van der Waals surface area contributed by atoms with Crippen LogP contribution >= 0.6 is 0 Å². The third kappa shape index (κ3) is 2.12. The van der Waals surface area contributed by atoms with Gasteiger partial charge in [-0.05, 0) is 12.5 Å². The minimum Gasteiger partial charge on any atom is -0.492 e. The lowest BCUT2D eigenvalue weighted by Gasteiger charge is -2.09. The Hall–Kier alpha value is -1.91. The van der Waals surface area contributed by atoms with Gasteiger partial charge in [0, 0.05) is 0 Å². The van der Waals surface area contributed by atoms with E-state index in [0.29, 0.717) is 11.3 Å². The fraction of sp³-hybridized carbons (Fsp3) is 0.300. The summed E-state index contributed by atoms with van der Waals surface area (Å²) in [5, 5.41) is 0. The quantitative estimate of drug-likeness (QED) is 0.701. The van der Waals surface area contributed by atoms with Gasteiger partial charge in [-0.3, -0.25) is 0 Å². The van der Waals surface area contributed by atoms with Gasteiger partial charge in [0.2, 0.25) is 0 Å². The SMILES string of the molecule is C=C(C)c1ncnc(C(=O)OC)c1OC. The van der Waals surface area contributed by atoms with Crippen LogP contribution in [0.4, 0.5) is 0 Å². The number of esters is 1. The summed E-state index contributed by atoms with van der Waals surface area (Å²) in [6, 6.07) is 0. The first kappa shape index (κ1) is 11.2. The summed E-state index contributed by atoms with van der Waals surface area (Å²) in [5.41, 5.74) is 1.31. The van der Waals surface area contributed by atoms with Crippen LogP contribution in [0.15, 0.2) is 12.9 Å². The molecule has 1 rings (SSSR count). The Kier molecular flexibility index (Phi) is 3.38. The van der Waals surface area contributed by atoms with Gasteiger partial charge in [0.15, 0.2) is 11.4 Å². The molecule has 80 valence electrons. The number of methoxy groups -OCH3 is 2. The normalized spacial score (nSPS) is 9.53. The van der Waals surface area contributed by atoms with E-state index >= 15 is 0 Å². The molecule has 5 nitrogen and oxygen atoms in total. The molecule has 0 atom stereocenters. The van der Waals surface area contributed by atoms with E-state index in [1.807, 2.05) is 0 Å². The number of hydrogen-bond acceptors (Lipinski definition) is 5. The van der Waals surface area contributed by atoms with Crippen molar-refractivity contribution in [3.63, 3.8) is 0 Å². The monoisotopic (exact) mass is 208 g/mol. The maximum Gasteiger partial charge on any atom is 0.360 e. The Labute approximate surface area is 87.8 Å². The number of aromatic nitrogens is 2. The predicted octanol–water partition coefficient (Wildman–Crippen LogP) is 1.30. The van der Waals surface area contributed by atoms with Crippen molar-refractivity contribution in [2.24, 2.45) is 0 Å². The second kappa shape index (κ2) is 4.54. The largest absolute Gasteiger partial charge is 0.492 e. The van der Waals surface area contributed by atoms with Gasteiger partial charge in [-0.25, -0.2) is 14.8 Å².